The molecule has 1 aromatic carbocycles. The van der Waals surface area contributed by atoms with Gasteiger partial charge in [-0.15, -0.1) is 4.40 Å². The number of anilines is 1. The van der Waals surface area contributed by atoms with Crippen molar-refractivity contribution < 1.29 is 13.2 Å². The molecule has 0 unspecified atom stereocenters. The van der Waals surface area contributed by atoms with Crippen molar-refractivity contribution >= 4 is 27.5 Å². The van der Waals surface area contributed by atoms with Crippen molar-refractivity contribution in [2.24, 2.45) is 4.40 Å². The Morgan fingerprint density at radius 3 is 2.71 bits per heavy atom. The van der Waals surface area contributed by atoms with E-state index in [0.717, 1.165) is 31.5 Å². The number of hydrogen-bond acceptors (Lipinski definition) is 4. The summed E-state index contributed by atoms with van der Waals surface area (Å²) in [5.41, 5.74) is 1.68. The summed E-state index contributed by atoms with van der Waals surface area (Å²) in [4.78, 5) is 14.8. The van der Waals surface area contributed by atoms with Crippen molar-refractivity contribution in [1.82, 2.24) is 14.7 Å². The monoisotopic (exact) mass is 445 g/mol. The van der Waals surface area contributed by atoms with Crippen molar-refractivity contribution in [1.29, 1.82) is 0 Å². The SMILES string of the molecule is CCn1nc(C(C)C)cc1C(=O)Nc1cccc(S(=O)(=O)/N=C2/CCCCCN2C)c1. The Hall–Kier alpha value is -2.68. The molecule has 9 heteroatoms. The van der Waals surface area contributed by atoms with E-state index < -0.39 is 10.0 Å². The third-order valence-corrected chi connectivity index (χ3v) is 6.67. The van der Waals surface area contributed by atoms with Gasteiger partial charge in [0.15, 0.2) is 0 Å². The minimum Gasteiger partial charge on any atom is -0.362 e. The molecule has 1 aromatic heterocycles. The Morgan fingerprint density at radius 1 is 1.23 bits per heavy atom. The molecule has 3 rings (SSSR count). The van der Waals surface area contributed by atoms with Gasteiger partial charge in [0.2, 0.25) is 0 Å². The van der Waals surface area contributed by atoms with Crippen LogP contribution in [0.15, 0.2) is 39.6 Å². The van der Waals surface area contributed by atoms with Gasteiger partial charge in [0.05, 0.1) is 10.6 Å². The fraction of sp³-hybridized carbons (Fsp3) is 0.500. The van der Waals surface area contributed by atoms with Gasteiger partial charge in [-0.05, 0) is 49.9 Å². The summed E-state index contributed by atoms with van der Waals surface area (Å²) < 4.78 is 31.6. The summed E-state index contributed by atoms with van der Waals surface area (Å²) in [6.45, 7) is 7.32. The van der Waals surface area contributed by atoms with Gasteiger partial charge >= 0.3 is 0 Å². The van der Waals surface area contributed by atoms with Gasteiger partial charge < -0.3 is 10.2 Å². The standard InChI is InChI=1S/C22H31N5O3S/c1-5-27-20(15-19(24-27)16(2)3)22(28)23-17-10-9-11-18(14-17)31(29,30)25-21-12-7-6-8-13-26(21)4/h9-11,14-16H,5-8,12-13H2,1-4H3,(H,23,28)/b25-21-. The molecule has 2 aromatic rings. The van der Waals surface area contributed by atoms with Crippen molar-refractivity contribution in [2.45, 2.75) is 63.8 Å². The number of amidine groups is 1. The van der Waals surface area contributed by atoms with E-state index in [2.05, 4.69) is 14.8 Å². The summed E-state index contributed by atoms with van der Waals surface area (Å²) in [5.74, 6) is 0.458. The van der Waals surface area contributed by atoms with Crippen molar-refractivity contribution in [3.05, 3.63) is 41.7 Å². The van der Waals surface area contributed by atoms with Gasteiger partial charge in [-0.2, -0.15) is 13.5 Å². The van der Waals surface area contributed by atoms with Crippen LogP contribution in [0.3, 0.4) is 0 Å². The molecule has 168 valence electrons. The first-order chi connectivity index (χ1) is 14.7. The predicted molar refractivity (Wildman–Crippen MR) is 122 cm³/mol. The Labute approximate surface area is 184 Å². The van der Waals surface area contributed by atoms with E-state index in [1.165, 1.54) is 12.1 Å². The van der Waals surface area contributed by atoms with Gasteiger partial charge in [-0.1, -0.05) is 26.3 Å². The third-order valence-electron chi connectivity index (χ3n) is 5.37. The van der Waals surface area contributed by atoms with Crippen LogP contribution in [0.25, 0.3) is 0 Å². The number of aromatic nitrogens is 2. The minimum absolute atomic E-state index is 0.0577. The van der Waals surface area contributed by atoms with Crippen molar-refractivity contribution in [3.8, 4) is 0 Å². The predicted octanol–water partition coefficient (Wildman–Crippen LogP) is 3.87. The highest BCUT2D eigenvalue weighted by atomic mass is 32.2. The molecule has 0 aliphatic carbocycles. The number of likely N-dealkylation sites (tertiary alicyclic amines) is 1. The zero-order chi connectivity index (χ0) is 22.6. The Balaban J connectivity index is 1.84. The largest absolute Gasteiger partial charge is 0.362 e. The van der Waals surface area contributed by atoms with Gasteiger partial charge in [0.1, 0.15) is 11.5 Å². The van der Waals surface area contributed by atoms with E-state index in [0.29, 0.717) is 30.2 Å². The normalized spacial score (nSPS) is 16.5. The van der Waals surface area contributed by atoms with Crippen LogP contribution in [0.1, 0.15) is 68.6 Å². The lowest BCUT2D eigenvalue weighted by molar-refractivity contribution is 0.101. The van der Waals surface area contributed by atoms with Gasteiger partial charge in [0.25, 0.3) is 15.9 Å². The lowest BCUT2D eigenvalue weighted by Gasteiger charge is -2.17. The molecule has 31 heavy (non-hydrogen) atoms. The zero-order valence-corrected chi connectivity index (χ0v) is 19.4. The molecule has 1 aliphatic heterocycles. The number of sulfonamides is 1. The van der Waals surface area contributed by atoms with Gasteiger partial charge in [0, 0.05) is 32.2 Å². The van der Waals surface area contributed by atoms with E-state index in [-0.39, 0.29) is 16.7 Å². The van der Waals surface area contributed by atoms with Crippen molar-refractivity contribution in [2.75, 3.05) is 18.9 Å². The Kier molecular flexibility index (Phi) is 7.15. The Morgan fingerprint density at radius 2 is 2.00 bits per heavy atom. The highest BCUT2D eigenvalue weighted by Gasteiger charge is 2.20. The molecule has 8 nitrogen and oxygen atoms in total. The maximum atomic E-state index is 12.9. The van der Waals surface area contributed by atoms with Gasteiger partial charge in [-0.3, -0.25) is 9.48 Å². The van der Waals surface area contributed by atoms with E-state index in [4.69, 9.17) is 0 Å². The van der Waals surface area contributed by atoms with E-state index in [9.17, 15) is 13.2 Å². The van der Waals surface area contributed by atoms with E-state index >= 15 is 0 Å². The number of hydrogen-bond donors (Lipinski definition) is 1. The number of rotatable bonds is 6. The summed E-state index contributed by atoms with van der Waals surface area (Å²) in [7, 11) is -2.00. The molecule has 0 saturated carbocycles. The van der Waals surface area contributed by atoms with Crippen LogP contribution in [0.5, 0.6) is 0 Å². The van der Waals surface area contributed by atoms with E-state index in [1.807, 2.05) is 32.7 Å². The van der Waals surface area contributed by atoms with Crippen molar-refractivity contribution in [3.63, 3.8) is 0 Å². The molecule has 1 aliphatic rings. The number of nitrogens with one attached hydrogen (secondary N) is 1. The minimum atomic E-state index is -3.87. The van der Waals surface area contributed by atoms with Crippen LogP contribution in [0.2, 0.25) is 0 Å². The molecular formula is C22H31N5O3S. The fourth-order valence-electron chi connectivity index (χ4n) is 3.51. The quantitative estimate of drug-likeness (QED) is 0.728. The number of carbonyl (C=O) groups is 1. The zero-order valence-electron chi connectivity index (χ0n) is 18.6. The lowest BCUT2D eigenvalue weighted by atomic mass is 10.1. The topological polar surface area (TPSA) is 96.7 Å². The van der Waals surface area contributed by atoms with Crippen LogP contribution in [0, 0.1) is 0 Å². The Bertz CT molecular complexity index is 1070. The molecule has 1 N–H and O–H groups in total. The van der Waals surface area contributed by atoms with E-state index in [1.54, 1.807) is 22.9 Å². The molecular weight excluding hydrogens is 414 g/mol. The van der Waals surface area contributed by atoms with Crippen LogP contribution >= 0.6 is 0 Å². The third kappa shape index (κ3) is 5.52. The number of amides is 1. The average Bonchev–Trinajstić information content (AvgIpc) is 3.08. The highest BCUT2D eigenvalue weighted by molar-refractivity contribution is 7.90. The van der Waals surface area contributed by atoms with Crippen LogP contribution in [0.4, 0.5) is 5.69 Å². The maximum absolute atomic E-state index is 12.9. The van der Waals surface area contributed by atoms with Gasteiger partial charge in [-0.25, -0.2) is 0 Å². The first-order valence-electron chi connectivity index (χ1n) is 10.8. The number of nitrogens with zero attached hydrogens (tertiary/aromatic N) is 4. The summed E-state index contributed by atoms with van der Waals surface area (Å²) in [5, 5.41) is 7.26. The average molecular weight is 446 g/mol. The van der Waals surface area contributed by atoms with Crippen LogP contribution in [-0.2, 0) is 16.6 Å². The fourth-order valence-corrected chi connectivity index (χ4v) is 4.65. The first kappa shape index (κ1) is 23.0. The number of aryl methyl sites for hydroxylation is 1. The second kappa shape index (κ2) is 9.64. The highest BCUT2D eigenvalue weighted by Crippen LogP contribution is 2.21. The summed E-state index contributed by atoms with van der Waals surface area (Å²) >= 11 is 0. The molecule has 0 radical (unpaired) electrons. The number of carbonyl (C=O) groups excluding carboxylic acids is 1. The second-order valence-corrected chi connectivity index (χ2v) is 9.73. The molecule has 0 spiro atoms. The van der Waals surface area contributed by atoms with Crippen LogP contribution in [-0.4, -0.2) is 48.4 Å². The van der Waals surface area contributed by atoms with Crippen LogP contribution < -0.4 is 5.32 Å². The lowest BCUT2D eigenvalue weighted by Crippen LogP contribution is -2.26. The smallest absolute Gasteiger partial charge is 0.284 e. The summed E-state index contributed by atoms with van der Waals surface area (Å²) in [6, 6.07) is 7.99. The second-order valence-electron chi connectivity index (χ2n) is 8.12. The summed E-state index contributed by atoms with van der Waals surface area (Å²) in [6.07, 6.45) is 3.67. The number of benzene rings is 1. The molecule has 1 amide bonds. The first-order valence-corrected chi connectivity index (χ1v) is 12.2. The maximum Gasteiger partial charge on any atom is 0.284 e. The molecule has 1 fully saturated rings. The molecule has 2 heterocycles. The molecule has 1 saturated heterocycles. The molecule has 0 bridgehead atoms. The molecule has 0 atom stereocenters.